The lowest BCUT2D eigenvalue weighted by Gasteiger charge is -2.43. The molecule has 3 heteroatoms. The molecule has 1 N–H and O–H groups in total. The number of hydrogen-bond acceptors (Lipinski definition) is 3. The monoisotopic (exact) mass is 256 g/mol. The van der Waals surface area contributed by atoms with Gasteiger partial charge in [0.2, 0.25) is 0 Å². The molecule has 0 aromatic carbocycles. The Kier molecular flexibility index (Phi) is 4.79. The number of nitrogens with one attached hydrogen (secondary N) is 1. The van der Waals surface area contributed by atoms with Crippen molar-refractivity contribution < 1.29 is 0 Å². The maximum Gasteiger partial charge on any atom is 0.0246 e. The Hall–Kier alpha value is 0.270. The fourth-order valence-electron chi connectivity index (χ4n) is 3.03. The Morgan fingerprint density at radius 2 is 2.24 bits per heavy atom. The van der Waals surface area contributed by atoms with Gasteiger partial charge in [-0.3, -0.25) is 4.90 Å². The van der Waals surface area contributed by atoms with E-state index in [1.54, 1.807) is 0 Å². The van der Waals surface area contributed by atoms with Gasteiger partial charge >= 0.3 is 0 Å². The first-order valence-corrected chi connectivity index (χ1v) is 8.24. The lowest BCUT2D eigenvalue weighted by molar-refractivity contribution is 0.128. The van der Waals surface area contributed by atoms with Crippen molar-refractivity contribution >= 4 is 11.8 Å². The highest BCUT2D eigenvalue weighted by Gasteiger charge is 2.33. The third-order valence-electron chi connectivity index (χ3n) is 4.45. The van der Waals surface area contributed by atoms with E-state index in [4.69, 9.17) is 0 Å². The molecule has 2 rings (SSSR count). The molecule has 2 fully saturated rings. The van der Waals surface area contributed by atoms with Gasteiger partial charge in [-0.1, -0.05) is 20.8 Å². The van der Waals surface area contributed by atoms with Gasteiger partial charge in [-0.2, -0.15) is 11.8 Å². The predicted octanol–water partition coefficient (Wildman–Crippen LogP) is 2.59. The standard InChI is InChI=1S/C14H28N2S/c1-4-12-10-16(8-9-17-12)11-13-14(2,3)6-5-7-15-13/h12-13,15H,4-11H2,1-3H3. The predicted molar refractivity (Wildman–Crippen MR) is 77.8 cm³/mol. The van der Waals surface area contributed by atoms with Crippen LogP contribution < -0.4 is 5.32 Å². The Bertz CT molecular complexity index is 242. The van der Waals surface area contributed by atoms with E-state index in [0.717, 1.165) is 5.25 Å². The molecule has 2 atom stereocenters. The fourth-order valence-corrected chi connectivity index (χ4v) is 4.28. The van der Waals surface area contributed by atoms with Gasteiger partial charge in [0.1, 0.15) is 0 Å². The molecule has 0 radical (unpaired) electrons. The molecule has 2 aliphatic heterocycles. The van der Waals surface area contributed by atoms with E-state index in [0.29, 0.717) is 11.5 Å². The number of thioether (sulfide) groups is 1. The van der Waals surface area contributed by atoms with E-state index < -0.39 is 0 Å². The Balaban J connectivity index is 1.86. The average Bonchev–Trinajstić information content (AvgIpc) is 2.32. The summed E-state index contributed by atoms with van der Waals surface area (Å²) in [5.41, 5.74) is 0.477. The number of hydrogen-bond donors (Lipinski definition) is 1. The minimum absolute atomic E-state index is 0.477. The normalized spacial score (nSPS) is 34.8. The maximum atomic E-state index is 3.74. The first-order valence-electron chi connectivity index (χ1n) is 7.19. The quantitative estimate of drug-likeness (QED) is 0.835. The van der Waals surface area contributed by atoms with Gasteiger partial charge < -0.3 is 5.32 Å². The second-order valence-corrected chi connectivity index (χ2v) is 7.67. The summed E-state index contributed by atoms with van der Waals surface area (Å²) in [5.74, 6) is 1.33. The van der Waals surface area contributed by atoms with Crippen molar-refractivity contribution in [2.24, 2.45) is 5.41 Å². The third-order valence-corrected chi connectivity index (χ3v) is 5.82. The van der Waals surface area contributed by atoms with Crippen molar-refractivity contribution in [1.29, 1.82) is 0 Å². The zero-order chi connectivity index (χ0) is 12.3. The molecule has 17 heavy (non-hydrogen) atoms. The van der Waals surface area contributed by atoms with Crippen molar-refractivity contribution in [1.82, 2.24) is 10.2 Å². The van der Waals surface area contributed by atoms with Crippen LogP contribution >= 0.6 is 11.8 Å². The first kappa shape index (κ1) is 13.7. The number of nitrogens with zero attached hydrogens (tertiary/aromatic N) is 1. The molecule has 2 aliphatic rings. The minimum Gasteiger partial charge on any atom is -0.312 e. The molecule has 2 nitrogen and oxygen atoms in total. The van der Waals surface area contributed by atoms with E-state index >= 15 is 0 Å². The average molecular weight is 256 g/mol. The zero-order valence-electron chi connectivity index (χ0n) is 11.7. The fraction of sp³-hybridized carbons (Fsp3) is 1.00. The molecule has 0 aromatic heterocycles. The molecule has 0 spiro atoms. The van der Waals surface area contributed by atoms with Gasteiger partial charge in [0, 0.05) is 36.7 Å². The molecule has 0 bridgehead atoms. The lowest BCUT2D eigenvalue weighted by Crippen LogP contribution is -2.54. The van der Waals surface area contributed by atoms with Gasteiger partial charge in [-0.25, -0.2) is 0 Å². The van der Waals surface area contributed by atoms with Gasteiger partial charge in [0.25, 0.3) is 0 Å². The van der Waals surface area contributed by atoms with Gasteiger partial charge in [-0.15, -0.1) is 0 Å². The van der Waals surface area contributed by atoms with Crippen molar-refractivity contribution in [3.05, 3.63) is 0 Å². The zero-order valence-corrected chi connectivity index (χ0v) is 12.5. The van der Waals surface area contributed by atoms with E-state index in [2.05, 4.69) is 42.7 Å². The van der Waals surface area contributed by atoms with E-state index in [1.165, 1.54) is 51.2 Å². The molecular weight excluding hydrogens is 228 g/mol. The van der Waals surface area contributed by atoms with Gasteiger partial charge in [0.05, 0.1) is 0 Å². The van der Waals surface area contributed by atoms with Crippen LogP contribution in [-0.4, -0.2) is 48.1 Å². The topological polar surface area (TPSA) is 15.3 Å². The van der Waals surface area contributed by atoms with E-state index in [-0.39, 0.29) is 0 Å². The van der Waals surface area contributed by atoms with E-state index in [9.17, 15) is 0 Å². The highest BCUT2D eigenvalue weighted by Crippen LogP contribution is 2.31. The van der Waals surface area contributed by atoms with Crippen molar-refractivity contribution in [3.63, 3.8) is 0 Å². The van der Waals surface area contributed by atoms with Crippen LogP contribution in [0.1, 0.15) is 40.0 Å². The smallest absolute Gasteiger partial charge is 0.0246 e. The summed E-state index contributed by atoms with van der Waals surface area (Å²) >= 11 is 2.17. The molecule has 2 heterocycles. The van der Waals surface area contributed by atoms with E-state index in [1.807, 2.05) is 0 Å². The Morgan fingerprint density at radius 1 is 1.41 bits per heavy atom. The van der Waals surface area contributed by atoms with Crippen molar-refractivity contribution in [2.45, 2.75) is 51.3 Å². The Labute approximate surface area is 111 Å². The van der Waals surface area contributed by atoms with Crippen LogP contribution in [-0.2, 0) is 0 Å². The second kappa shape index (κ2) is 5.94. The molecule has 0 aliphatic carbocycles. The van der Waals surface area contributed by atoms with Crippen LogP contribution in [0, 0.1) is 5.41 Å². The molecule has 0 saturated carbocycles. The second-order valence-electron chi connectivity index (χ2n) is 6.26. The first-order chi connectivity index (χ1) is 8.12. The highest BCUT2D eigenvalue weighted by molar-refractivity contribution is 8.00. The summed E-state index contributed by atoms with van der Waals surface area (Å²) in [7, 11) is 0. The molecule has 0 amide bonds. The molecule has 2 saturated heterocycles. The van der Waals surface area contributed by atoms with Crippen LogP contribution in [0.5, 0.6) is 0 Å². The van der Waals surface area contributed by atoms with Gasteiger partial charge in [-0.05, 0) is 31.2 Å². The molecule has 0 aromatic rings. The van der Waals surface area contributed by atoms with Crippen molar-refractivity contribution in [2.75, 3.05) is 31.9 Å². The molecule has 2 unspecified atom stereocenters. The minimum atomic E-state index is 0.477. The maximum absolute atomic E-state index is 3.74. The van der Waals surface area contributed by atoms with Crippen LogP contribution in [0.2, 0.25) is 0 Å². The highest BCUT2D eigenvalue weighted by atomic mass is 32.2. The van der Waals surface area contributed by atoms with Crippen LogP contribution in [0.4, 0.5) is 0 Å². The third kappa shape index (κ3) is 3.62. The number of piperidine rings is 1. The van der Waals surface area contributed by atoms with Crippen LogP contribution in [0.3, 0.4) is 0 Å². The summed E-state index contributed by atoms with van der Waals surface area (Å²) < 4.78 is 0. The lowest BCUT2D eigenvalue weighted by atomic mass is 9.77. The molecular formula is C14H28N2S. The summed E-state index contributed by atoms with van der Waals surface area (Å²) in [6.07, 6.45) is 4.05. The van der Waals surface area contributed by atoms with Crippen molar-refractivity contribution in [3.8, 4) is 0 Å². The summed E-state index contributed by atoms with van der Waals surface area (Å²) in [6.45, 7) is 12.2. The number of rotatable bonds is 3. The van der Waals surface area contributed by atoms with Crippen LogP contribution in [0.25, 0.3) is 0 Å². The summed E-state index contributed by atoms with van der Waals surface area (Å²) in [6, 6.07) is 0.692. The SMILES string of the molecule is CCC1CN(CC2NCCCC2(C)C)CCS1. The largest absolute Gasteiger partial charge is 0.312 e. The summed E-state index contributed by atoms with van der Waals surface area (Å²) in [4.78, 5) is 2.69. The summed E-state index contributed by atoms with van der Waals surface area (Å²) in [5, 5.41) is 4.61. The Morgan fingerprint density at radius 3 is 2.94 bits per heavy atom. The molecule has 100 valence electrons. The van der Waals surface area contributed by atoms with Crippen LogP contribution in [0.15, 0.2) is 0 Å². The van der Waals surface area contributed by atoms with Gasteiger partial charge in [0.15, 0.2) is 0 Å².